The Bertz CT molecular complexity index is 1000. The van der Waals surface area contributed by atoms with E-state index in [-0.39, 0.29) is 17.5 Å². The molecule has 0 saturated carbocycles. The molecule has 160 valence electrons. The molecule has 0 N–H and O–H groups in total. The zero-order chi connectivity index (χ0) is 21.9. The van der Waals surface area contributed by atoms with Crippen LogP contribution in [0.3, 0.4) is 0 Å². The third-order valence-corrected chi connectivity index (χ3v) is 4.97. The van der Waals surface area contributed by atoms with Crippen molar-refractivity contribution in [3.63, 3.8) is 0 Å². The van der Waals surface area contributed by atoms with Gasteiger partial charge in [-0.15, -0.1) is 0 Å². The molecule has 1 aromatic heterocycles. The minimum atomic E-state index is -1.93. The van der Waals surface area contributed by atoms with Gasteiger partial charge in [0.25, 0.3) is 0 Å². The Labute approximate surface area is 203 Å². The molecule has 30 heavy (non-hydrogen) atoms. The van der Waals surface area contributed by atoms with E-state index in [0.29, 0.717) is 31.1 Å². The van der Waals surface area contributed by atoms with Gasteiger partial charge < -0.3 is 9.47 Å². The van der Waals surface area contributed by atoms with Crippen molar-refractivity contribution in [1.82, 2.24) is 15.0 Å². The molecule has 3 rings (SSSR count). The largest absolute Gasteiger partial charge is 0.491 e. The summed E-state index contributed by atoms with van der Waals surface area (Å²) in [6.45, 7) is 3.45. The lowest BCUT2D eigenvalue weighted by Crippen LogP contribution is -2.16. The first-order valence-corrected chi connectivity index (χ1v) is 11.0. The fourth-order valence-electron chi connectivity index (χ4n) is 2.71. The Balaban J connectivity index is 2.13. The van der Waals surface area contributed by atoms with Crippen LogP contribution in [0.5, 0.6) is 5.75 Å². The minimum absolute atomic E-state index is 0.153. The van der Waals surface area contributed by atoms with Crippen LogP contribution in [-0.4, -0.2) is 34.8 Å². The molecule has 0 atom stereocenters. The van der Waals surface area contributed by atoms with E-state index in [0.717, 1.165) is 10.8 Å². The number of hydrogen-bond donors (Lipinski definition) is 0. The molecule has 0 bridgehead atoms. The first-order valence-electron chi connectivity index (χ1n) is 8.74. The first-order chi connectivity index (χ1) is 14.1. The molecule has 0 unspecified atom stereocenters. The van der Waals surface area contributed by atoms with Crippen molar-refractivity contribution >= 4 is 80.4 Å². The minimum Gasteiger partial charge on any atom is -0.491 e. The molecule has 2 aromatic carbocycles. The summed E-state index contributed by atoms with van der Waals surface area (Å²) in [7, 11) is 0. The number of aromatic nitrogens is 3. The summed E-state index contributed by atoms with van der Waals surface area (Å²) in [4.78, 5) is 12.6. The number of rotatable bonds is 6. The van der Waals surface area contributed by atoms with Gasteiger partial charge in [0, 0.05) is 17.6 Å². The molecule has 0 radical (unpaired) electrons. The van der Waals surface area contributed by atoms with Crippen LogP contribution in [0.4, 0.5) is 0 Å². The van der Waals surface area contributed by atoms with Crippen molar-refractivity contribution in [2.45, 2.75) is 14.5 Å². The quantitative estimate of drug-likeness (QED) is 0.261. The second-order valence-corrected chi connectivity index (χ2v) is 10.6. The van der Waals surface area contributed by atoms with Gasteiger partial charge in [-0.2, -0.15) is 0 Å². The normalized spacial score (nSPS) is 12.4. The van der Waals surface area contributed by atoms with E-state index in [9.17, 15) is 0 Å². The fraction of sp³-hybridized carbons (Fsp3) is 0.316. The number of nitrogens with zero attached hydrogens (tertiary/aromatic N) is 3. The summed E-state index contributed by atoms with van der Waals surface area (Å²) in [5.74, 6) is 0.580. The molecule has 0 aliphatic rings. The summed E-state index contributed by atoms with van der Waals surface area (Å²) in [6, 6.07) is 11.2. The molecule has 0 amide bonds. The predicted octanol–water partition coefficient (Wildman–Crippen LogP) is 6.76. The predicted molar refractivity (Wildman–Crippen MR) is 123 cm³/mol. The van der Waals surface area contributed by atoms with E-state index in [4.69, 9.17) is 79.1 Å². The van der Waals surface area contributed by atoms with Crippen molar-refractivity contribution in [1.29, 1.82) is 0 Å². The zero-order valence-electron chi connectivity index (χ0n) is 15.5. The molecular weight excluding hydrogens is 515 g/mol. The summed E-state index contributed by atoms with van der Waals surface area (Å²) in [6.07, 6.45) is 0. The molecule has 1 heterocycles. The van der Waals surface area contributed by atoms with Crippen molar-refractivity contribution in [2.75, 3.05) is 19.8 Å². The highest BCUT2D eigenvalue weighted by Crippen LogP contribution is 2.41. The van der Waals surface area contributed by atoms with E-state index in [2.05, 4.69) is 15.0 Å². The third-order valence-electron chi connectivity index (χ3n) is 3.95. The second kappa shape index (κ2) is 9.78. The van der Waals surface area contributed by atoms with Gasteiger partial charge in [-0.3, -0.25) is 0 Å². The van der Waals surface area contributed by atoms with Crippen LogP contribution in [0.2, 0.25) is 0 Å². The molecule has 3 aromatic rings. The molecule has 0 aliphatic carbocycles. The number of ether oxygens (including phenoxy) is 2. The van der Waals surface area contributed by atoms with Crippen molar-refractivity contribution < 1.29 is 9.47 Å². The van der Waals surface area contributed by atoms with Crippen LogP contribution in [0, 0.1) is 0 Å². The number of halogens is 6. The van der Waals surface area contributed by atoms with E-state index in [1.165, 1.54) is 0 Å². The van der Waals surface area contributed by atoms with Gasteiger partial charge in [0.2, 0.25) is 7.59 Å². The monoisotopic (exact) mass is 527 g/mol. The van der Waals surface area contributed by atoms with E-state index in [1.807, 2.05) is 43.3 Å². The molecule has 11 heteroatoms. The summed E-state index contributed by atoms with van der Waals surface area (Å²) in [5.41, 5.74) is 0.635. The van der Waals surface area contributed by atoms with E-state index in [1.54, 1.807) is 0 Å². The smallest absolute Gasteiger partial charge is 0.250 e. The van der Waals surface area contributed by atoms with Crippen molar-refractivity contribution in [2.24, 2.45) is 0 Å². The highest BCUT2D eigenvalue weighted by molar-refractivity contribution is 6.67. The summed E-state index contributed by atoms with van der Waals surface area (Å²) < 4.78 is 7.33. The maximum absolute atomic E-state index is 5.98. The SMILES string of the molecule is CCOCCOc1cccc2c(-c3nc(C(Cl)(Cl)Cl)nc(C(Cl)(Cl)Cl)n3)cccc12. The zero-order valence-corrected chi connectivity index (χ0v) is 20.0. The van der Waals surface area contributed by atoms with Crippen LogP contribution in [0.15, 0.2) is 36.4 Å². The second-order valence-electron chi connectivity index (χ2n) is 6.00. The Morgan fingerprint density at radius 1 is 0.767 bits per heavy atom. The Kier molecular flexibility index (Phi) is 7.78. The van der Waals surface area contributed by atoms with Gasteiger partial charge >= 0.3 is 0 Å². The molecule has 0 spiro atoms. The highest BCUT2D eigenvalue weighted by atomic mass is 35.6. The summed E-state index contributed by atoms with van der Waals surface area (Å²) in [5, 5.41) is 1.65. The number of hydrogen-bond acceptors (Lipinski definition) is 5. The number of alkyl halides is 6. The summed E-state index contributed by atoms with van der Waals surface area (Å²) >= 11 is 35.9. The fourth-order valence-corrected chi connectivity index (χ4v) is 3.21. The topological polar surface area (TPSA) is 57.1 Å². The number of benzene rings is 2. The van der Waals surface area contributed by atoms with Gasteiger partial charge in [0.05, 0.1) is 6.61 Å². The van der Waals surface area contributed by atoms with Crippen molar-refractivity contribution in [3.8, 4) is 17.1 Å². The van der Waals surface area contributed by atoms with Crippen LogP contribution >= 0.6 is 69.6 Å². The maximum atomic E-state index is 5.98. The Hall–Kier alpha value is -0.790. The average molecular weight is 530 g/mol. The van der Waals surface area contributed by atoms with Crippen LogP contribution in [0.25, 0.3) is 22.2 Å². The lowest BCUT2D eigenvalue weighted by Gasteiger charge is -2.16. The standard InChI is InChI=1S/C19H15Cl6N3O2/c1-2-29-9-10-30-14-8-4-5-11-12(14)6-3-7-13(11)15-26-16(18(20,21)22)28-17(27-15)19(23,24)25/h3-8H,2,9-10H2,1H3. The maximum Gasteiger partial charge on any atom is 0.250 e. The van der Waals surface area contributed by atoms with Crippen LogP contribution in [-0.2, 0) is 12.3 Å². The van der Waals surface area contributed by atoms with Gasteiger partial charge in [-0.25, -0.2) is 15.0 Å². The molecule has 5 nitrogen and oxygen atoms in total. The Morgan fingerprint density at radius 2 is 1.37 bits per heavy atom. The van der Waals surface area contributed by atoms with Gasteiger partial charge in [0.15, 0.2) is 17.5 Å². The Morgan fingerprint density at radius 3 is 1.97 bits per heavy atom. The third kappa shape index (κ3) is 5.71. The van der Waals surface area contributed by atoms with Crippen LogP contribution < -0.4 is 4.74 Å². The average Bonchev–Trinajstić information content (AvgIpc) is 2.69. The molecule has 0 fully saturated rings. The molecule has 0 aliphatic heterocycles. The molecule has 0 saturated heterocycles. The number of fused-ring (bicyclic) bond motifs is 1. The first kappa shape index (κ1) is 23.9. The van der Waals surface area contributed by atoms with Crippen molar-refractivity contribution in [3.05, 3.63) is 48.0 Å². The van der Waals surface area contributed by atoms with Crippen LogP contribution in [0.1, 0.15) is 18.6 Å². The van der Waals surface area contributed by atoms with E-state index >= 15 is 0 Å². The van der Waals surface area contributed by atoms with Gasteiger partial charge in [0.1, 0.15) is 12.4 Å². The molecular formula is C19H15Cl6N3O2. The lowest BCUT2D eigenvalue weighted by atomic mass is 10.0. The lowest BCUT2D eigenvalue weighted by molar-refractivity contribution is 0.111. The van der Waals surface area contributed by atoms with Gasteiger partial charge in [-0.05, 0) is 18.4 Å². The van der Waals surface area contributed by atoms with Gasteiger partial charge in [-0.1, -0.05) is 99.9 Å². The highest BCUT2D eigenvalue weighted by Gasteiger charge is 2.34. The van der Waals surface area contributed by atoms with E-state index < -0.39 is 7.59 Å².